The Labute approximate surface area is 168 Å². The van der Waals surface area contributed by atoms with Gasteiger partial charge in [0.2, 0.25) is 0 Å². The first-order valence-electron chi connectivity index (χ1n) is 10.1. The number of anilines is 1. The SMILES string of the molecule is CCNC(=NCc1cccc(C)c1)NCC1CCN(c2ccccc2OC)C1. The molecule has 2 N–H and O–H groups in total. The number of para-hydroxylation sites is 2. The van der Waals surface area contributed by atoms with Crippen LogP contribution in [0.15, 0.2) is 53.5 Å². The second kappa shape index (κ2) is 10.0. The fourth-order valence-electron chi connectivity index (χ4n) is 3.67. The van der Waals surface area contributed by atoms with E-state index in [0.29, 0.717) is 12.5 Å². The summed E-state index contributed by atoms with van der Waals surface area (Å²) in [5.74, 6) is 2.43. The molecule has 150 valence electrons. The number of benzene rings is 2. The highest BCUT2D eigenvalue weighted by atomic mass is 16.5. The number of aliphatic imine (C=N–C) groups is 1. The summed E-state index contributed by atoms with van der Waals surface area (Å²) < 4.78 is 5.52. The van der Waals surface area contributed by atoms with Gasteiger partial charge in [0, 0.05) is 26.2 Å². The molecule has 1 heterocycles. The molecule has 1 aliphatic heterocycles. The van der Waals surface area contributed by atoms with E-state index in [2.05, 4.69) is 65.8 Å². The van der Waals surface area contributed by atoms with E-state index in [-0.39, 0.29) is 0 Å². The van der Waals surface area contributed by atoms with Gasteiger partial charge in [-0.25, -0.2) is 4.99 Å². The highest BCUT2D eigenvalue weighted by Gasteiger charge is 2.24. The molecule has 0 spiro atoms. The first-order chi connectivity index (χ1) is 13.7. The van der Waals surface area contributed by atoms with Gasteiger partial charge in [-0.1, -0.05) is 42.0 Å². The van der Waals surface area contributed by atoms with Crippen molar-refractivity contribution in [3.63, 3.8) is 0 Å². The van der Waals surface area contributed by atoms with E-state index in [1.165, 1.54) is 23.2 Å². The molecule has 0 aromatic heterocycles. The molecule has 0 amide bonds. The summed E-state index contributed by atoms with van der Waals surface area (Å²) in [6.45, 7) is 8.78. The number of nitrogens with zero attached hydrogens (tertiary/aromatic N) is 2. The van der Waals surface area contributed by atoms with Crippen LogP contribution in [0.4, 0.5) is 5.69 Å². The molecule has 2 aromatic carbocycles. The monoisotopic (exact) mass is 380 g/mol. The molecule has 0 radical (unpaired) electrons. The summed E-state index contributed by atoms with van der Waals surface area (Å²) in [6, 6.07) is 16.8. The summed E-state index contributed by atoms with van der Waals surface area (Å²) in [5.41, 5.74) is 3.70. The zero-order valence-electron chi connectivity index (χ0n) is 17.2. The Balaban J connectivity index is 1.55. The number of guanidine groups is 1. The third-order valence-corrected chi connectivity index (χ3v) is 5.12. The van der Waals surface area contributed by atoms with Gasteiger partial charge < -0.3 is 20.3 Å². The molecule has 1 unspecified atom stereocenters. The molecule has 5 heteroatoms. The van der Waals surface area contributed by atoms with Gasteiger partial charge in [-0.2, -0.15) is 0 Å². The number of hydrogen-bond donors (Lipinski definition) is 2. The quantitative estimate of drug-likeness (QED) is 0.569. The highest BCUT2D eigenvalue weighted by molar-refractivity contribution is 5.79. The standard InChI is InChI=1S/C23H32N4O/c1-4-24-23(25-15-19-9-7-8-18(2)14-19)26-16-20-12-13-27(17-20)21-10-5-6-11-22(21)28-3/h5-11,14,20H,4,12-13,15-17H2,1-3H3,(H2,24,25,26). The van der Waals surface area contributed by atoms with Crippen molar-refractivity contribution in [1.29, 1.82) is 0 Å². The van der Waals surface area contributed by atoms with E-state index >= 15 is 0 Å². The lowest BCUT2D eigenvalue weighted by molar-refractivity contribution is 0.414. The van der Waals surface area contributed by atoms with Crippen LogP contribution in [-0.4, -0.2) is 39.2 Å². The Morgan fingerprint density at radius 3 is 2.82 bits per heavy atom. The van der Waals surface area contributed by atoms with Gasteiger partial charge in [-0.3, -0.25) is 0 Å². The molecule has 1 saturated heterocycles. The average Bonchev–Trinajstić information content (AvgIpc) is 3.19. The van der Waals surface area contributed by atoms with Gasteiger partial charge in [0.05, 0.1) is 19.3 Å². The number of rotatable bonds is 7. The third kappa shape index (κ3) is 5.41. The van der Waals surface area contributed by atoms with Crippen LogP contribution in [0.1, 0.15) is 24.5 Å². The van der Waals surface area contributed by atoms with Crippen LogP contribution in [0, 0.1) is 12.8 Å². The van der Waals surface area contributed by atoms with Crippen molar-refractivity contribution in [2.24, 2.45) is 10.9 Å². The zero-order valence-corrected chi connectivity index (χ0v) is 17.2. The second-order valence-corrected chi connectivity index (χ2v) is 7.34. The Kier molecular flexibility index (Phi) is 7.18. The van der Waals surface area contributed by atoms with Gasteiger partial charge in [-0.05, 0) is 43.9 Å². The van der Waals surface area contributed by atoms with Crippen LogP contribution < -0.4 is 20.3 Å². The van der Waals surface area contributed by atoms with E-state index < -0.39 is 0 Å². The lowest BCUT2D eigenvalue weighted by Crippen LogP contribution is -2.40. The van der Waals surface area contributed by atoms with Crippen LogP contribution in [0.5, 0.6) is 5.75 Å². The molecule has 28 heavy (non-hydrogen) atoms. The number of hydrogen-bond acceptors (Lipinski definition) is 3. The Bertz CT molecular complexity index is 790. The van der Waals surface area contributed by atoms with Crippen LogP contribution in [0.2, 0.25) is 0 Å². The average molecular weight is 381 g/mol. The van der Waals surface area contributed by atoms with Crippen LogP contribution in [0.25, 0.3) is 0 Å². The van der Waals surface area contributed by atoms with E-state index in [0.717, 1.165) is 37.9 Å². The van der Waals surface area contributed by atoms with Gasteiger partial charge in [0.25, 0.3) is 0 Å². The molecular formula is C23H32N4O. The molecule has 1 atom stereocenters. The van der Waals surface area contributed by atoms with Crippen LogP contribution >= 0.6 is 0 Å². The Morgan fingerprint density at radius 2 is 2.04 bits per heavy atom. The summed E-state index contributed by atoms with van der Waals surface area (Å²) in [7, 11) is 1.74. The predicted octanol–water partition coefficient (Wildman–Crippen LogP) is 3.59. The Hall–Kier alpha value is -2.69. The van der Waals surface area contributed by atoms with E-state index in [1.54, 1.807) is 7.11 Å². The normalized spacial score (nSPS) is 16.9. The summed E-state index contributed by atoms with van der Waals surface area (Å²) in [4.78, 5) is 7.17. The number of aryl methyl sites for hydroxylation is 1. The Morgan fingerprint density at radius 1 is 1.18 bits per heavy atom. The maximum atomic E-state index is 5.52. The van der Waals surface area contributed by atoms with Gasteiger partial charge in [-0.15, -0.1) is 0 Å². The zero-order chi connectivity index (χ0) is 19.8. The molecular weight excluding hydrogens is 348 g/mol. The number of methoxy groups -OCH3 is 1. The minimum Gasteiger partial charge on any atom is -0.495 e. The second-order valence-electron chi connectivity index (χ2n) is 7.34. The van der Waals surface area contributed by atoms with Crippen molar-refractivity contribution in [2.45, 2.75) is 26.8 Å². The van der Waals surface area contributed by atoms with E-state index in [1.807, 2.05) is 12.1 Å². The lowest BCUT2D eigenvalue weighted by atomic mass is 10.1. The largest absolute Gasteiger partial charge is 0.495 e. The first-order valence-corrected chi connectivity index (χ1v) is 10.1. The van der Waals surface area contributed by atoms with Crippen molar-refractivity contribution >= 4 is 11.6 Å². The first kappa shape index (κ1) is 20.1. The minimum absolute atomic E-state index is 0.590. The molecule has 1 aliphatic rings. The fraction of sp³-hybridized carbons (Fsp3) is 0.435. The third-order valence-electron chi connectivity index (χ3n) is 5.12. The van der Waals surface area contributed by atoms with Gasteiger partial charge in [0.15, 0.2) is 5.96 Å². The van der Waals surface area contributed by atoms with Crippen molar-refractivity contribution < 1.29 is 4.74 Å². The summed E-state index contributed by atoms with van der Waals surface area (Å²) in [5, 5.41) is 6.89. The molecule has 5 nitrogen and oxygen atoms in total. The van der Waals surface area contributed by atoms with Crippen molar-refractivity contribution in [3.05, 3.63) is 59.7 Å². The molecule has 0 bridgehead atoms. The maximum Gasteiger partial charge on any atom is 0.191 e. The predicted molar refractivity (Wildman–Crippen MR) is 117 cm³/mol. The van der Waals surface area contributed by atoms with Gasteiger partial charge >= 0.3 is 0 Å². The maximum absolute atomic E-state index is 5.52. The van der Waals surface area contributed by atoms with Crippen molar-refractivity contribution in [2.75, 3.05) is 38.2 Å². The minimum atomic E-state index is 0.590. The van der Waals surface area contributed by atoms with Crippen LogP contribution in [-0.2, 0) is 6.54 Å². The summed E-state index contributed by atoms with van der Waals surface area (Å²) >= 11 is 0. The summed E-state index contributed by atoms with van der Waals surface area (Å²) in [6.07, 6.45) is 1.17. The number of ether oxygens (including phenoxy) is 1. The molecule has 0 aliphatic carbocycles. The van der Waals surface area contributed by atoms with Gasteiger partial charge in [0.1, 0.15) is 5.75 Å². The van der Waals surface area contributed by atoms with E-state index in [9.17, 15) is 0 Å². The number of nitrogens with one attached hydrogen (secondary N) is 2. The molecule has 2 aromatic rings. The highest BCUT2D eigenvalue weighted by Crippen LogP contribution is 2.31. The van der Waals surface area contributed by atoms with Crippen molar-refractivity contribution in [3.8, 4) is 5.75 Å². The lowest BCUT2D eigenvalue weighted by Gasteiger charge is -2.21. The smallest absolute Gasteiger partial charge is 0.191 e. The molecule has 3 rings (SSSR count). The topological polar surface area (TPSA) is 48.9 Å². The van der Waals surface area contributed by atoms with E-state index in [4.69, 9.17) is 9.73 Å². The van der Waals surface area contributed by atoms with Crippen molar-refractivity contribution in [1.82, 2.24) is 10.6 Å². The molecule has 0 saturated carbocycles. The molecule has 1 fully saturated rings. The fourth-order valence-corrected chi connectivity index (χ4v) is 3.67. The van der Waals surface area contributed by atoms with Crippen LogP contribution in [0.3, 0.4) is 0 Å².